The molecule has 5 rings (SSSR count). The minimum absolute atomic E-state index is 0. The van der Waals surface area contributed by atoms with Crippen molar-refractivity contribution in [3.63, 3.8) is 0 Å². The van der Waals surface area contributed by atoms with Crippen LogP contribution in [0.4, 0.5) is 5.69 Å². The van der Waals surface area contributed by atoms with E-state index in [-0.39, 0.29) is 30.7 Å². The molecule has 184 valence electrons. The van der Waals surface area contributed by atoms with Crippen LogP contribution in [0.5, 0.6) is 5.75 Å². The summed E-state index contributed by atoms with van der Waals surface area (Å²) in [4.78, 5) is 26.5. The number of ether oxygens (including phenoxy) is 1. The molecule has 0 radical (unpaired) electrons. The van der Waals surface area contributed by atoms with Crippen LogP contribution in [0.2, 0.25) is 0 Å². The van der Waals surface area contributed by atoms with Crippen LogP contribution in [-0.4, -0.2) is 72.1 Å². The molecule has 2 aliphatic rings. The van der Waals surface area contributed by atoms with Gasteiger partial charge in [-0.1, -0.05) is 0 Å². The molecule has 0 spiro atoms. The number of amides is 1. The highest BCUT2D eigenvalue weighted by molar-refractivity contribution is 6.06. The molecule has 10 heteroatoms. The number of fused-ring (bicyclic) bond motifs is 2. The molecular formula is C25H28Cl2N6O2. The zero-order valence-electron chi connectivity index (χ0n) is 19.4. The van der Waals surface area contributed by atoms with Crippen molar-refractivity contribution in [1.82, 2.24) is 19.8 Å². The summed E-state index contributed by atoms with van der Waals surface area (Å²) in [6.07, 6.45) is 2.45. The molecule has 0 aliphatic carbocycles. The first-order chi connectivity index (χ1) is 16.1. The van der Waals surface area contributed by atoms with Gasteiger partial charge in [0, 0.05) is 49.9 Å². The maximum atomic E-state index is 12.8. The van der Waals surface area contributed by atoms with Gasteiger partial charge in [-0.05, 0) is 49.4 Å². The Bertz CT molecular complexity index is 1240. The topological polar surface area (TPSA) is 94.4 Å². The Morgan fingerprint density at radius 1 is 1.11 bits per heavy atom. The largest absolute Gasteiger partial charge is 0.493 e. The minimum Gasteiger partial charge on any atom is -0.493 e. The summed E-state index contributed by atoms with van der Waals surface area (Å²) in [6, 6.07) is 13.1. The van der Waals surface area contributed by atoms with Crippen molar-refractivity contribution < 1.29 is 9.53 Å². The number of likely N-dealkylation sites (N-methyl/N-ethyl adjacent to an activating group) is 1. The van der Waals surface area contributed by atoms with Crippen LogP contribution in [0.3, 0.4) is 0 Å². The van der Waals surface area contributed by atoms with E-state index >= 15 is 0 Å². The third-order valence-corrected chi connectivity index (χ3v) is 6.41. The molecule has 3 heterocycles. The molecule has 1 saturated heterocycles. The van der Waals surface area contributed by atoms with Gasteiger partial charge in [-0.3, -0.25) is 4.79 Å². The van der Waals surface area contributed by atoms with Crippen LogP contribution < -0.4 is 10.1 Å². The second kappa shape index (κ2) is 11.6. The highest BCUT2D eigenvalue weighted by Gasteiger charge is 2.34. The molecule has 1 amide bonds. The third-order valence-electron chi connectivity index (χ3n) is 6.41. The smallest absolute Gasteiger partial charge is 0.238 e. The lowest BCUT2D eigenvalue weighted by atomic mass is 9.93. The fraction of sp³-hybridized carbons (Fsp3) is 0.360. The summed E-state index contributed by atoms with van der Waals surface area (Å²) in [5, 5.41) is 13.0. The summed E-state index contributed by atoms with van der Waals surface area (Å²) in [7, 11) is 2.16. The highest BCUT2D eigenvalue weighted by atomic mass is 35.5. The monoisotopic (exact) mass is 514 g/mol. The molecule has 0 saturated carbocycles. The van der Waals surface area contributed by atoms with Gasteiger partial charge in [-0.25, -0.2) is 9.97 Å². The normalized spacial score (nSPS) is 17.6. The SMILES string of the molecule is CN1CCN(CCCOc2ccc3c(C4C(=O)Nc5ccc(C#N)cc54)ncnc3c2)CC1.Cl.Cl. The molecule has 2 aromatic carbocycles. The Balaban J connectivity index is 0.00000171. The second-order valence-corrected chi connectivity index (χ2v) is 8.62. The maximum Gasteiger partial charge on any atom is 0.238 e. The van der Waals surface area contributed by atoms with Crippen molar-refractivity contribution in [1.29, 1.82) is 5.26 Å². The predicted octanol–water partition coefficient (Wildman–Crippen LogP) is 3.45. The molecule has 1 atom stereocenters. The molecule has 1 unspecified atom stereocenters. The van der Waals surface area contributed by atoms with Crippen molar-refractivity contribution in [2.45, 2.75) is 12.3 Å². The van der Waals surface area contributed by atoms with E-state index in [2.05, 4.69) is 38.2 Å². The molecule has 1 fully saturated rings. The van der Waals surface area contributed by atoms with E-state index in [1.807, 2.05) is 18.2 Å². The zero-order valence-corrected chi connectivity index (χ0v) is 21.1. The summed E-state index contributed by atoms with van der Waals surface area (Å²) >= 11 is 0. The van der Waals surface area contributed by atoms with Crippen LogP contribution in [0.25, 0.3) is 10.9 Å². The number of halogens is 2. The Morgan fingerprint density at radius 3 is 2.69 bits per heavy atom. The zero-order chi connectivity index (χ0) is 22.8. The first-order valence-corrected chi connectivity index (χ1v) is 11.3. The number of nitrogens with zero attached hydrogens (tertiary/aromatic N) is 5. The first-order valence-electron chi connectivity index (χ1n) is 11.3. The number of nitriles is 1. The van der Waals surface area contributed by atoms with E-state index in [0.29, 0.717) is 17.9 Å². The minimum atomic E-state index is -0.575. The van der Waals surface area contributed by atoms with Gasteiger partial charge in [-0.15, -0.1) is 24.8 Å². The average molecular weight is 515 g/mol. The number of aromatic nitrogens is 2. The number of piperazine rings is 1. The number of rotatable bonds is 6. The standard InChI is InChI=1S/C25H26N6O2.2ClH/c1-30-8-10-31(11-9-30)7-2-12-33-18-4-5-19-22(14-18)27-16-28-24(19)23-20-13-17(15-26)3-6-21(20)29-25(23)32;;/h3-6,13-14,16,23H,2,7-12H2,1H3,(H,29,32);2*1H. The van der Waals surface area contributed by atoms with Crippen molar-refractivity contribution in [2.24, 2.45) is 0 Å². The van der Waals surface area contributed by atoms with Crippen LogP contribution in [0, 0.1) is 11.3 Å². The lowest BCUT2D eigenvalue weighted by molar-refractivity contribution is -0.116. The molecule has 8 nitrogen and oxygen atoms in total. The van der Waals surface area contributed by atoms with E-state index in [4.69, 9.17) is 4.74 Å². The number of anilines is 1. The van der Waals surface area contributed by atoms with Gasteiger partial charge in [0.1, 0.15) is 18.0 Å². The average Bonchev–Trinajstić information content (AvgIpc) is 3.17. The van der Waals surface area contributed by atoms with Gasteiger partial charge in [-0.2, -0.15) is 5.26 Å². The maximum absolute atomic E-state index is 12.8. The van der Waals surface area contributed by atoms with E-state index < -0.39 is 5.92 Å². The summed E-state index contributed by atoms with van der Waals surface area (Å²) in [5.41, 5.74) is 3.36. The molecule has 3 aromatic rings. The Hall–Kier alpha value is -2.96. The molecule has 1 aromatic heterocycles. The molecule has 0 bridgehead atoms. The fourth-order valence-corrected chi connectivity index (χ4v) is 4.53. The van der Waals surface area contributed by atoms with Crippen LogP contribution in [0.15, 0.2) is 42.7 Å². The number of carbonyl (C=O) groups is 1. The van der Waals surface area contributed by atoms with Crippen molar-refractivity contribution in [2.75, 3.05) is 51.7 Å². The molecule has 1 N–H and O–H groups in total. The van der Waals surface area contributed by atoms with Gasteiger partial charge in [0.05, 0.1) is 29.5 Å². The number of carbonyl (C=O) groups excluding carboxylic acids is 1. The van der Waals surface area contributed by atoms with E-state index in [0.717, 1.165) is 67.0 Å². The van der Waals surface area contributed by atoms with Crippen molar-refractivity contribution in [3.05, 3.63) is 59.5 Å². The summed E-state index contributed by atoms with van der Waals surface area (Å²) < 4.78 is 5.99. The predicted molar refractivity (Wildman–Crippen MR) is 140 cm³/mol. The van der Waals surface area contributed by atoms with E-state index in [9.17, 15) is 10.1 Å². The van der Waals surface area contributed by atoms with Crippen molar-refractivity contribution >= 4 is 47.3 Å². The second-order valence-electron chi connectivity index (χ2n) is 8.62. The van der Waals surface area contributed by atoms with Gasteiger partial charge >= 0.3 is 0 Å². The van der Waals surface area contributed by atoms with Crippen LogP contribution in [-0.2, 0) is 4.79 Å². The lowest BCUT2D eigenvalue weighted by Gasteiger charge is -2.32. The number of benzene rings is 2. The lowest BCUT2D eigenvalue weighted by Crippen LogP contribution is -2.44. The first kappa shape index (κ1) is 26.6. The Labute approximate surface area is 217 Å². The molecule has 2 aliphatic heterocycles. The van der Waals surface area contributed by atoms with Crippen molar-refractivity contribution in [3.8, 4) is 11.8 Å². The third kappa shape index (κ3) is 5.65. The Kier molecular flexibility index (Phi) is 8.87. The van der Waals surface area contributed by atoms with Gasteiger partial charge in [0.2, 0.25) is 5.91 Å². The van der Waals surface area contributed by atoms with Crippen LogP contribution >= 0.6 is 24.8 Å². The quantitative estimate of drug-likeness (QED) is 0.503. The molecule has 35 heavy (non-hydrogen) atoms. The van der Waals surface area contributed by atoms with E-state index in [1.54, 1.807) is 18.2 Å². The summed E-state index contributed by atoms with van der Waals surface area (Å²) in [6.45, 7) is 6.14. The van der Waals surface area contributed by atoms with E-state index in [1.165, 1.54) is 6.33 Å². The number of hydrogen-bond acceptors (Lipinski definition) is 7. The number of hydrogen-bond donors (Lipinski definition) is 1. The summed E-state index contributed by atoms with van der Waals surface area (Å²) in [5.74, 6) is 0.0343. The molecular weight excluding hydrogens is 487 g/mol. The van der Waals surface area contributed by atoms with Crippen LogP contribution in [0.1, 0.15) is 29.2 Å². The van der Waals surface area contributed by atoms with Gasteiger partial charge in [0.25, 0.3) is 0 Å². The Morgan fingerprint density at radius 2 is 1.91 bits per heavy atom. The van der Waals surface area contributed by atoms with Gasteiger partial charge < -0.3 is 19.9 Å². The highest BCUT2D eigenvalue weighted by Crippen LogP contribution is 2.39. The fourth-order valence-electron chi connectivity index (χ4n) is 4.53. The van der Waals surface area contributed by atoms with Gasteiger partial charge in [0.15, 0.2) is 0 Å². The number of nitrogens with one attached hydrogen (secondary N) is 1.